The highest BCUT2D eigenvalue weighted by Gasteiger charge is 2.40. The van der Waals surface area contributed by atoms with Crippen molar-refractivity contribution in [2.75, 3.05) is 26.2 Å². The first-order chi connectivity index (χ1) is 18.4. The summed E-state index contributed by atoms with van der Waals surface area (Å²) in [5, 5.41) is 6.23. The van der Waals surface area contributed by atoms with Crippen LogP contribution in [0.2, 0.25) is 0 Å². The predicted molar refractivity (Wildman–Crippen MR) is 142 cm³/mol. The Morgan fingerprint density at radius 3 is 2.53 bits per heavy atom. The van der Waals surface area contributed by atoms with E-state index in [1.807, 2.05) is 74.5 Å². The van der Waals surface area contributed by atoms with Crippen molar-refractivity contribution in [1.29, 1.82) is 0 Å². The second-order valence-corrected chi connectivity index (χ2v) is 10.6. The van der Waals surface area contributed by atoms with Gasteiger partial charge in [-0.25, -0.2) is 14.6 Å². The zero-order chi connectivity index (χ0) is 26.3. The topological polar surface area (TPSA) is 93.5 Å². The molecule has 0 spiro atoms. The molecule has 0 radical (unpaired) electrons. The standard InChI is InChI=1S/C29H30N6O3/c1-29(2)18-33(14-15-34(29)28(37)25-30-19-35(32-25)22-9-4-3-5-10-22)27(36)24-16-21-8-6-7-11-23(21)26(31-24)38-17-20-12-13-20/h3-11,16,19-20H,12-15,17-18H2,1-2H3. The molecule has 4 aromatic rings. The molecule has 0 bridgehead atoms. The van der Waals surface area contributed by atoms with Gasteiger partial charge >= 0.3 is 0 Å². The number of pyridine rings is 1. The monoisotopic (exact) mass is 510 g/mol. The predicted octanol–water partition coefficient (Wildman–Crippen LogP) is 3.98. The Balaban J connectivity index is 1.19. The summed E-state index contributed by atoms with van der Waals surface area (Å²) >= 11 is 0. The highest BCUT2D eigenvalue weighted by atomic mass is 16.5. The van der Waals surface area contributed by atoms with Crippen LogP contribution in [0.3, 0.4) is 0 Å². The molecule has 38 heavy (non-hydrogen) atoms. The summed E-state index contributed by atoms with van der Waals surface area (Å²) in [5.41, 5.74) is 0.566. The van der Waals surface area contributed by atoms with Gasteiger partial charge in [0.15, 0.2) is 0 Å². The maximum Gasteiger partial charge on any atom is 0.294 e. The number of aromatic nitrogens is 4. The van der Waals surface area contributed by atoms with Crippen LogP contribution < -0.4 is 4.74 Å². The third-order valence-electron chi connectivity index (χ3n) is 7.22. The van der Waals surface area contributed by atoms with Gasteiger partial charge in [-0.05, 0) is 62.3 Å². The van der Waals surface area contributed by atoms with E-state index in [9.17, 15) is 9.59 Å². The molecule has 2 aromatic carbocycles. The molecule has 2 amide bonds. The molecule has 1 aliphatic heterocycles. The van der Waals surface area contributed by atoms with Gasteiger partial charge in [0, 0.05) is 25.0 Å². The summed E-state index contributed by atoms with van der Waals surface area (Å²) in [5.74, 6) is 0.798. The summed E-state index contributed by atoms with van der Waals surface area (Å²) in [6, 6.07) is 19.2. The lowest BCUT2D eigenvalue weighted by atomic mass is 9.98. The van der Waals surface area contributed by atoms with Crippen molar-refractivity contribution in [1.82, 2.24) is 29.5 Å². The van der Waals surface area contributed by atoms with Gasteiger partial charge < -0.3 is 14.5 Å². The van der Waals surface area contributed by atoms with Crippen molar-refractivity contribution < 1.29 is 14.3 Å². The zero-order valence-electron chi connectivity index (χ0n) is 21.6. The maximum absolute atomic E-state index is 13.6. The lowest BCUT2D eigenvalue weighted by Gasteiger charge is -2.46. The molecule has 3 heterocycles. The normalized spacial score (nSPS) is 17.0. The second-order valence-electron chi connectivity index (χ2n) is 10.6. The van der Waals surface area contributed by atoms with Crippen LogP contribution in [0, 0.1) is 5.92 Å². The molecule has 1 saturated heterocycles. The van der Waals surface area contributed by atoms with E-state index in [-0.39, 0.29) is 17.6 Å². The number of para-hydroxylation sites is 1. The van der Waals surface area contributed by atoms with Gasteiger partial charge in [-0.3, -0.25) is 9.59 Å². The van der Waals surface area contributed by atoms with Gasteiger partial charge in [-0.15, -0.1) is 5.10 Å². The Hall–Kier alpha value is -4.27. The van der Waals surface area contributed by atoms with Crippen LogP contribution >= 0.6 is 0 Å². The number of fused-ring (bicyclic) bond motifs is 1. The number of rotatable bonds is 6. The average Bonchev–Trinajstić information content (AvgIpc) is 3.63. The molecule has 0 unspecified atom stereocenters. The third-order valence-corrected chi connectivity index (χ3v) is 7.22. The molecule has 9 heteroatoms. The largest absolute Gasteiger partial charge is 0.477 e. The fourth-order valence-electron chi connectivity index (χ4n) is 4.92. The van der Waals surface area contributed by atoms with Crippen LogP contribution in [-0.2, 0) is 0 Å². The first-order valence-corrected chi connectivity index (χ1v) is 13.0. The van der Waals surface area contributed by atoms with E-state index in [0.29, 0.717) is 43.7 Å². The highest BCUT2D eigenvalue weighted by Crippen LogP contribution is 2.32. The minimum atomic E-state index is -0.620. The molecule has 194 valence electrons. The van der Waals surface area contributed by atoms with Gasteiger partial charge in [0.2, 0.25) is 11.7 Å². The number of hydrogen-bond acceptors (Lipinski definition) is 6. The fraction of sp³-hybridized carbons (Fsp3) is 0.345. The summed E-state index contributed by atoms with van der Waals surface area (Å²) < 4.78 is 7.63. The van der Waals surface area contributed by atoms with Crippen molar-refractivity contribution in [2.24, 2.45) is 5.92 Å². The first-order valence-electron chi connectivity index (χ1n) is 13.0. The molecule has 1 aliphatic carbocycles. The number of hydrogen-bond donors (Lipinski definition) is 0. The number of ether oxygens (including phenoxy) is 1. The molecular weight excluding hydrogens is 480 g/mol. The molecular formula is C29H30N6O3. The molecule has 2 fully saturated rings. The Bertz CT molecular complexity index is 1490. The quantitative estimate of drug-likeness (QED) is 0.390. The maximum atomic E-state index is 13.6. The Morgan fingerprint density at radius 2 is 1.76 bits per heavy atom. The molecule has 1 saturated carbocycles. The van der Waals surface area contributed by atoms with Crippen LogP contribution in [-0.4, -0.2) is 73.1 Å². The molecule has 2 aromatic heterocycles. The molecule has 0 N–H and O–H groups in total. The van der Waals surface area contributed by atoms with Crippen LogP contribution in [0.1, 0.15) is 47.8 Å². The number of nitrogens with zero attached hydrogens (tertiary/aromatic N) is 6. The Kier molecular flexibility index (Phi) is 6.06. The Morgan fingerprint density at radius 1 is 1.00 bits per heavy atom. The smallest absolute Gasteiger partial charge is 0.294 e. The number of amides is 2. The van der Waals surface area contributed by atoms with Crippen molar-refractivity contribution in [2.45, 2.75) is 32.2 Å². The number of benzene rings is 2. The van der Waals surface area contributed by atoms with E-state index in [0.717, 1.165) is 16.5 Å². The second kappa shape index (κ2) is 9.55. The minimum Gasteiger partial charge on any atom is -0.477 e. The van der Waals surface area contributed by atoms with E-state index in [1.54, 1.807) is 20.8 Å². The van der Waals surface area contributed by atoms with E-state index in [1.165, 1.54) is 12.8 Å². The Labute approximate surface area is 221 Å². The summed E-state index contributed by atoms with van der Waals surface area (Å²) in [7, 11) is 0. The van der Waals surface area contributed by atoms with Crippen LogP contribution in [0.15, 0.2) is 67.0 Å². The van der Waals surface area contributed by atoms with Gasteiger partial charge in [0.05, 0.1) is 17.8 Å². The molecule has 9 nitrogen and oxygen atoms in total. The summed E-state index contributed by atoms with van der Waals surface area (Å²) in [6.07, 6.45) is 3.90. The van der Waals surface area contributed by atoms with Crippen LogP contribution in [0.5, 0.6) is 5.88 Å². The van der Waals surface area contributed by atoms with Gasteiger partial charge in [0.25, 0.3) is 11.8 Å². The number of carbonyl (C=O) groups is 2. The summed E-state index contributed by atoms with van der Waals surface area (Å²) in [4.78, 5) is 39.4. The molecule has 2 aliphatic rings. The molecule has 6 rings (SSSR count). The van der Waals surface area contributed by atoms with E-state index >= 15 is 0 Å². The van der Waals surface area contributed by atoms with Crippen molar-refractivity contribution in [3.8, 4) is 11.6 Å². The number of piperazine rings is 1. The van der Waals surface area contributed by atoms with Gasteiger partial charge in [-0.1, -0.05) is 36.4 Å². The van der Waals surface area contributed by atoms with Crippen molar-refractivity contribution in [3.63, 3.8) is 0 Å². The third kappa shape index (κ3) is 4.71. The minimum absolute atomic E-state index is 0.135. The van der Waals surface area contributed by atoms with Gasteiger partial charge in [-0.2, -0.15) is 0 Å². The van der Waals surface area contributed by atoms with Crippen molar-refractivity contribution in [3.05, 3.63) is 78.5 Å². The highest BCUT2D eigenvalue weighted by molar-refractivity contribution is 5.98. The van der Waals surface area contributed by atoms with Crippen LogP contribution in [0.4, 0.5) is 0 Å². The molecule has 0 atom stereocenters. The lowest BCUT2D eigenvalue weighted by molar-refractivity contribution is 0.0158. The lowest BCUT2D eigenvalue weighted by Crippen LogP contribution is -2.62. The van der Waals surface area contributed by atoms with Gasteiger partial charge in [0.1, 0.15) is 12.0 Å². The first kappa shape index (κ1) is 24.1. The number of carbonyl (C=O) groups excluding carboxylic acids is 2. The fourth-order valence-corrected chi connectivity index (χ4v) is 4.92. The summed E-state index contributed by atoms with van der Waals surface area (Å²) in [6.45, 7) is 5.66. The van der Waals surface area contributed by atoms with E-state index in [2.05, 4.69) is 15.1 Å². The average molecular weight is 511 g/mol. The van der Waals surface area contributed by atoms with E-state index in [4.69, 9.17) is 4.74 Å². The van der Waals surface area contributed by atoms with Crippen molar-refractivity contribution >= 4 is 22.6 Å². The van der Waals surface area contributed by atoms with E-state index < -0.39 is 5.54 Å². The van der Waals surface area contributed by atoms with Crippen LogP contribution in [0.25, 0.3) is 16.5 Å². The zero-order valence-corrected chi connectivity index (χ0v) is 21.6. The SMILES string of the molecule is CC1(C)CN(C(=O)c2cc3ccccc3c(OCC3CC3)n2)CCN1C(=O)c1ncn(-c2ccccc2)n1.